The summed E-state index contributed by atoms with van der Waals surface area (Å²) in [6.45, 7) is 0.856. The molecule has 0 saturated carbocycles. The standard InChI is InChI=1S/C16H19NO3/c18-10-14-16(20)15(19)9-17(14)8-11-5-6-12-3-1-2-4-13(12)7-11/h1-7,14-16,18-20H,8-10H2/t14-,15-,16-/m1/s1. The van der Waals surface area contributed by atoms with Gasteiger partial charge in [0.15, 0.2) is 0 Å². The maximum absolute atomic E-state index is 9.83. The summed E-state index contributed by atoms with van der Waals surface area (Å²) in [5, 5.41) is 31.3. The SMILES string of the molecule is OC[C@@H]1[C@@H](O)[C@H](O)CN1Cc1ccc2ccccc2c1. The molecule has 2 aromatic carbocycles. The van der Waals surface area contributed by atoms with Gasteiger partial charge in [0, 0.05) is 13.1 Å². The largest absolute Gasteiger partial charge is 0.395 e. The van der Waals surface area contributed by atoms with Crippen LogP contribution in [0, 0.1) is 0 Å². The van der Waals surface area contributed by atoms with E-state index in [1.165, 1.54) is 10.8 Å². The number of fused-ring (bicyclic) bond motifs is 1. The highest BCUT2D eigenvalue weighted by Gasteiger charge is 2.39. The van der Waals surface area contributed by atoms with Crippen LogP contribution in [0.4, 0.5) is 0 Å². The first-order valence-electron chi connectivity index (χ1n) is 6.88. The fourth-order valence-corrected chi connectivity index (χ4v) is 2.93. The first kappa shape index (κ1) is 13.5. The lowest BCUT2D eigenvalue weighted by Gasteiger charge is -2.23. The molecule has 0 unspecified atom stereocenters. The van der Waals surface area contributed by atoms with E-state index in [-0.39, 0.29) is 6.61 Å². The molecule has 3 rings (SSSR count). The molecule has 0 radical (unpaired) electrons. The summed E-state index contributed by atoms with van der Waals surface area (Å²) in [5.41, 5.74) is 1.11. The minimum Gasteiger partial charge on any atom is -0.395 e. The van der Waals surface area contributed by atoms with Crippen molar-refractivity contribution in [2.75, 3.05) is 13.2 Å². The molecule has 3 atom stereocenters. The average molecular weight is 273 g/mol. The normalized spacial score (nSPS) is 27.2. The van der Waals surface area contributed by atoms with Gasteiger partial charge in [-0.1, -0.05) is 36.4 Å². The number of benzene rings is 2. The lowest BCUT2D eigenvalue weighted by Crippen LogP contribution is -2.38. The summed E-state index contributed by atoms with van der Waals surface area (Å²) in [7, 11) is 0. The van der Waals surface area contributed by atoms with Crippen LogP contribution < -0.4 is 0 Å². The van der Waals surface area contributed by atoms with Gasteiger partial charge in [0.25, 0.3) is 0 Å². The Balaban J connectivity index is 1.82. The van der Waals surface area contributed by atoms with E-state index in [2.05, 4.69) is 24.3 Å². The summed E-state index contributed by atoms with van der Waals surface area (Å²) in [6.07, 6.45) is -1.66. The number of β-amino-alcohol motifs (C(OH)–C–C–N with tert-alkyl or cyclic N) is 1. The van der Waals surface area contributed by atoms with Crippen molar-refractivity contribution in [1.82, 2.24) is 4.90 Å². The lowest BCUT2D eigenvalue weighted by molar-refractivity contribution is 0.0210. The Hall–Kier alpha value is -1.46. The first-order chi connectivity index (χ1) is 9.69. The minimum absolute atomic E-state index is 0.147. The van der Waals surface area contributed by atoms with Crippen LogP contribution in [0.1, 0.15) is 5.56 Å². The number of aliphatic hydroxyl groups is 3. The second-order valence-electron chi connectivity index (χ2n) is 5.42. The van der Waals surface area contributed by atoms with Gasteiger partial charge in [0.1, 0.15) is 0 Å². The average Bonchev–Trinajstić information content (AvgIpc) is 2.73. The monoisotopic (exact) mass is 273 g/mol. The van der Waals surface area contributed by atoms with Crippen LogP contribution in [0.25, 0.3) is 10.8 Å². The predicted octanol–water partition coefficient (Wildman–Crippen LogP) is 0.738. The summed E-state index contributed by atoms with van der Waals surface area (Å²) in [5.74, 6) is 0. The Morgan fingerprint density at radius 3 is 2.55 bits per heavy atom. The van der Waals surface area contributed by atoms with Gasteiger partial charge < -0.3 is 15.3 Å². The summed E-state index contributed by atoms with van der Waals surface area (Å²) in [4.78, 5) is 1.93. The van der Waals surface area contributed by atoms with E-state index >= 15 is 0 Å². The zero-order valence-corrected chi connectivity index (χ0v) is 11.2. The maximum Gasteiger partial charge on any atom is 0.0988 e. The Labute approximate surface area is 117 Å². The fourth-order valence-electron chi connectivity index (χ4n) is 2.93. The Kier molecular flexibility index (Phi) is 3.72. The molecule has 1 aliphatic heterocycles. The van der Waals surface area contributed by atoms with E-state index in [1.54, 1.807) is 0 Å². The molecule has 4 heteroatoms. The van der Waals surface area contributed by atoms with Crippen molar-refractivity contribution in [3.8, 4) is 0 Å². The number of rotatable bonds is 3. The van der Waals surface area contributed by atoms with Crippen molar-refractivity contribution in [2.24, 2.45) is 0 Å². The smallest absolute Gasteiger partial charge is 0.0988 e. The maximum atomic E-state index is 9.83. The molecule has 0 aliphatic carbocycles. The lowest BCUT2D eigenvalue weighted by atomic mass is 10.1. The minimum atomic E-state index is -0.875. The Morgan fingerprint density at radius 1 is 1.05 bits per heavy atom. The summed E-state index contributed by atoms with van der Waals surface area (Å²) in [6, 6.07) is 14.0. The van der Waals surface area contributed by atoms with Gasteiger partial charge in [-0.2, -0.15) is 0 Å². The topological polar surface area (TPSA) is 63.9 Å². The third kappa shape index (κ3) is 2.43. The highest BCUT2D eigenvalue weighted by molar-refractivity contribution is 5.82. The second-order valence-corrected chi connectivity index (χ2v) is 5.42. The van der Waals surface area contributed by atoms with Crippen molar-refractivity contribution in [1.29, 1.82) is 0 Å². The fraction of sp³-hybridized carbons (Fsp3) is 0.375. The van der Waals surface area contributed by atoms with E-state index in [1.807, 2.05) is 23.1 Å². The van der Waals surface area contributed by atoms with E-state index in [4.69, 9.17) is 0 Å². The van der Waals surface area contributed by atoms with Gasteiger partial charge in [0.2, 0.25) is 0 Å². The molecular weight excluding hydrogens is 254 g/mol. The van der Waals surface area contributed by atoms with E-state index < -0.39 is 18.2 Å². The summed E-state index contributed by atoms with van der Waals surface area (Å²) >= 11 is 0. The molecule has 20 heavy (non-hydrogen) atoms. The summed E-state index contributed by atoms with van der Waals surface area (Å²) < 4.78 is 0. The van der Waals surface area contributed by atoms with Crippen LogP contribution in [0.2, 0.25) is 0 Å². The van der Waals surface area contributed by atoms with Crippen molar-refractivity contribution in [3.05, 3.63) is 48.0 Å². The predicted molar refractivity (Wildman–Crippen MR) is 77.2 cm³/mol. The molecule has 4 nitrogen and oxygen atoms in total. The third-order valence-electron chi connectivity index (χ3n) is 4.07. The van der Waals surface area contributed by atoms with Gasteiger partial charge >= 0.3 is 0 Å². The quantitative estimate of drug-likeness (QED) is 0.772. The Bertz CT molecular complexity index is 601. The number of nitrogens with zero attached hydrogens (tertiary/aromatic N) is 1. The van der Waals surface area contributed by atoms with Gasteiger partial charge in [-0.05, 0) is 22.4 Å². The van der Waals surface area contributed by atoms with E-state index in [0.29, 0.717) is 13.1 Å². The number of hydrogen-bond donors (Lipinski definition) is 3. The molecule has 0 amide bonds. The number of likely N-dealkylation sites (tertiary alicyclic amines) is 1. The highest BCUT2D eigenvalue weighted by atomic mass is 16.3. The molecule has 1 saturated heterocycles. The highest BCUT2D eigenvalue weighted by Crippen LogP contribution is 2.23. The van der Waals surface area contributed by atoms with Crippen molar-refractivity contribution >= 4 is 10.8 Å². The van der Waals surface area contributed by atoms with Crippen LogP contribution in [0.15, 0.2) is 42.5 Å². The molecule has 1 fully saturated rings. The van der Waals surface area contributed by atoms with Crippen LogP contribution in [-0.2, 0) is 6.54 Å². The van der Waals surface area contributed by atoms with Crippen LogP contribution in [-0.4, -0.2) is 51.6 Å². The van der Waals surface area contributed by atoms with Crippen molar-refractivity contribution in [2.45, 2.75) is 24.8 Å². The van der Waals surface area contributed by atoms with Gasteiger partial charge in [-0.3, -0.25) is 4.90 Å². The van der Waals surface area contributed by atoms with Crippen molar-refractivity contribution in [3.63, 3.8) is 0 Å². The molecule has 0 bridgehead atoms. The van der Waals surface area contributed by atoms with Gasteiger partial charge in [-0.25, -0.2) is 0 Å². The zero-order valence-electron chi connectivity index (χ0n) is 11.2. The van der Waals surface area contributed by atoms with Crippen LogP contribution in [0.3, 0.4) is 0 Å². The number of hydrogen-bond acceptors (Lipinski definition) is 4. The molecular formula is C16H19NO3. The van der Waals surface area contributed by atoms with E-state index in [9.17, 15) is 15.3 Å². The molecule has 0 aromatic heterocycles. The van der Waals surface area contributed by atoms with Crippen LogP contribution >= 0.6 is 0 Å². The first-order valence-corrected chi connectivity index (χ1v) is 6.88. The molecule has 2 aromatic rings. The molecule has 1 heterocycles. The molecule has 0 spiro atoms. The Morgan fingerprint density at radius 2 is 1.80 bits per heavy atom. The van der Waals surface area contributed by atoms with Crippen molar-refractivity contribution < 1.29 is 15.3 Å². The zero-order chi connectivity index (χ0) is 14.1. The second kappa shape index (κ2) is 5.50. The van der Waals surface area contributed by atoms with Gasteiger partial charge in [-0.15, -0.1) is 0 Å². The molecule has 1 aliphatic rings. The number of aliphatic hydroxyl groups excluding tert-OH is 3. The third-order valence-corrected chi connectivity index (χ3v) is 4.07. The van der Waals surface area contributed by atoms with E-state index in [0.717, 1.165) is 5.56 Å². The molecule has 106 valence electrons. The van der Waals surface area contributed by atoms with Crippen LogP contribution in [0.5, 0.6) is 0 Å². The van der Waals surface area contributed by atoms with Gasteiger partial charge in [0.05, 0.1) is 24.9 Å². The molecule has 3 N–H and O–H groups in total.